The number of ether oxygens (including phenoxy) is 2. The summed E-state index contributed by atoms with van der Waals surface area (Å²) in [5, 5.41) is 9.49. The highest BCUT2D eigenvalue weighted by Crippen LogP contribution is 2.33. The predicted octanol–water partition coefficient (Wildman–Crippen LogP) is 4.37. The van der Waals surface area contributed by atoms with E-state index in [1.807, 2.05) is 18.2 Å². The van der Waals surface area contributed by atoms with Gasteiger partial charge in [0.1, 0.15) is 11.4 Å². The van der Waals surface area contributed by atoms with Gasteiger partial charge in [-0.05, 0) is 42.8 Å². The van der Waals surface area contributed by atoms with Gasteiger partial charge >= 0.3 is 0 Å². The normalized spacial score (nSPS) is 12.1. The first-order chi connectivity index (χ1) is 13.5. The van der Waals surface area contributed by atoms with E-state index in [-0.39, 0.29) is 23.3 Å². The number of amides is 1. The van der Waals surface area contributed by atoms with Crippen LogP contribution in [0.2, 0.25) is 5.02 Å². The van der Waals surface area contributed by atoms with Crippen LogP contribution in [0.25, 0.3) is 0 Å². The summed E-state index contributed by atoms with van der Waals surface area (Å²) in [7, 11) is 0. The van der Waals surface area contributed by atoms with Crippen LogP contribution in [-0.2, 0) is 6.54 Å². The molecule has 0 bridgehead atoms. The molecule has 7 nitrogen and oxygen atoms in total. The van der Waals surface area contributed by atoms with Gasteiger partial charge in [0.05, 0.1) is 10.7 Å². The van der Waals surface area contributed by atoms with E-state index < -0.39 is 11.7 Å². The molecule has 0 atom stereocenters. The molecule has 0 aliphatic carbocycles. The van der Waals surface area contributed by atoms with Gasteiger partial charge in [-0.1, -0.05) is 22.8 Å². The molecule has 28 heavy (non-hydrogen) atoms. The van der Waals surface area contributed by atoms with E-state index >= 15 is 0 Å². The Morgan fingerprint density at radius 2 is 2.04 bits per heavy atom. The zero-order valence-corrected chi connectivity index (χ0v) is 15.5. The molecule has 2 N–H and O–H groups in total. The fourth-order valence-electron chi connectivity index (χ4n) is 2.76. The van der Waals surface area contributed by atoms with E-state index in [0.717, 1.165) is 5.56 Å². The fourth-order valence-corrected chi connectivity index (χ4v) is 2.94. The zero-order valence-electron chi connectivity index (χ0n) is 14.7. The van der Waals surface area contributed by atoms with Crippen molar-refractivity contribution in [1.29, 1.82) is 0 Å². The van der Waals surface area contributed by atoms with Crippen molar-refractivity contribution in [1.82, 2.24) is 5.16 Å². The number of hydrogen-bond donors (Lipinski definition) is 2. The molecule has 144 valence electrons. The van der Waals surface area contributed by atoms with Gasteiger partial charge in [-0.2, -0.15) is 0 Å². The number of nitrogens with one attached hydrogen (secondary N) is 2. The number of carbonyl (C=O) groups excluding carboxylic acids is 1. The minimum Gasteiger partial charge on any atom is -0.454 e. The minimum absolute atomic E-state index is 0.0824. The summed E-state index contributed by atoms with van der Waals surface area (Å²) in [5.41, 5.74) is 1.94. The van der Waals surface area contributed by atoms with Crippen LogP contribution in [-0.4, -0.2) is 17.9 Å². The molecule has 2 aromatic carbocycles. The number of fused-ring (bicyclic) bond motifs is 1. The van der Waals surface area contributed by atoms with E-state index in [0.29, 0.717) is 29.4 Å². The second-order valence-electron chi connectivity index (χ2n) is 6.10. The van der Waals surface area contributed by atoms with E-state index in [4.69, 9.17) is 25.6 Å². The van der Waals surface area contributed by atoms with Crippen LogP contribution in [0.15, 0.2) is 40.9 Å². The van der Waals surface area contributed by atoms with Crippen molar-refractivity contribution in [2.24, 2.45) is 0 Å². The van der Waals surface area contributed by atoms with Gasteiger partial charge < -0.3 is 24.6 Å². The quantitative estimate of drug-likeness (QED) is 0.658. The number of carbonyl (C=O) groups is 1. The number of rotatable bonds is 5. The Morgan fingerprint density at radius 3 is 2.86 bits per heavy atom. The molecule has 0 unspecified atom stereocenters. The highest BCUT2D eigenvalue weighted by molar-refractivity contribution is 6.31. The monoisotopic (exact) mass is 403 g/mol. The molecular weight excluding hydrogens is 389 g/mol. The maximum absolute atomic E-state index is 13.3. The van der Waals surface area contributed by atoms with Gasteiger partial charge in [0.2, 0.25) is 12.7 Å². The van der Waals surface area contributed by atoms with Crippen molar-refractivity contribution in [2.75, 3.05) is 17.4 Å². The second-order valence-corrected chi connectivity index (χ2v) is 6.50. The van der Waals surface area contributed by atoms with Gasteiger partial charge in [-0.3, -0.25) is 4.79 Å². The summed E-state index contributed by atoms with van der Waals surface area (Å²) in [5.74, 6) is 0.568. The van der Waals surface area contributed by atoms with Crippen molar-refractivity contribution in [3.63, 3.8) is 0 Å². The SMILES string of the molecule is Cc1noc(NCc2ccc3c(c2)OCO3)c1C(=O)Nc1ccc(F)c(Cl)c1. The smallest absolute Gasteiger partial charge is 0.263 e. The maximum Gasteiger partial charge on any atom is 0.263 e. The third kappa shape index (κ3) is 3.59. The lowest BCUT2D eigenvalue weighted by Crippen LogP contribution is -2.15. The molecule has 0 saturated heterocycles. The molecule has 0 saturated carbocycles. The maximum atomic E-state index is 13.3. The zero-order chi connectivity index (χ0) is 19.7. The highest BCUT2D eigenvalue weighted by atomic mass is 35.5. The van der Waals surface area contributed by atoms with Crippen LogP contribution in [0.4, 0.5) is 16.0 Å². The fraction of sp³-hybridized carbons (Fsp3) is 0.158. The van der Waals surface area contributed by atoms with Gasteiger partial charge in [-0.15, -0.1) is 0 Å². The number of anilines is 2. The lowest BCUT2D eigenvalue weighted by atomic mass is 10.2. The van der Waals surface area contributed by atoms with Crippen molar-refractivity contribution in [3.8, 4) is 11.5 Å². The molecule has 1 aliphatic heterocycles. The van der Waals surface area contributed by atoms with Crippen molar-refractivity contribution >= 4 is 29.1 Å². The molecule has 1 aliphatic rings. The van der Waals surface area contributed by atoms with Crippen LogP contribution in [0.5, 0.6) is 11.5 Å². The summed E-state index contributed by atoms with van der Waals surface area (Å²) in [6.45, 7) is 2.24. The third-order valence-electron chi connectivity index (χ3n) is 4.16. The Morgan fingerprint density at radius 1 is 1.21 bits per heavy atom. The molecule has 1 amide bonds. The van der Waals surface area contributed by atoms with E-state index in [2.05, 4.69) is 15.8 Å². The Balaban J connectivity index is 1.49. The molecule has 3 aromatic rings. The number of hydrogen-bond acceptors (Lipinski definition) is 6. The molecule has 0 spiro atoms. The van der Waals surface area contributed by atoms with Gasteiger partial charge in [0.25, 0.3) is 5.91 Å². The predicted molar refractivity (Wildman–Crippen MR) is 100 cm³/mol. The summed E-state index contributed by atoms with van der Waals surface area (Å²) in [6, 6.07) is 9.47. The van der Waals surface area contributed by atoms with Crippen LogP contribution >= 0.6 is 11.6 Å². The standard InChI is InChI=1S/C19H15ClFN3O4/c1-10-17(18(25)23-12-3-4-14(21)13(20)7-12)19(28-24-10)22-8-11-2-5-15-16(6-11)27-9-26-15/h2-7,22H,8-9H2,1H3,(H,23,25). The van der Waals surface area contributed by atoms with Gasteiger partial charge in [0.15, 0.2) is 11.5 Å². The molecule has 0 fully saturated rings. The van der Waals surface area contributed by atoms with Gasteiger partial charge in [0, 0.05) is 12.2 Å². The average Bonchev–Trinajstić information content (AvgIpc) is 3.28. The number of aromatic nitrogens is 1. The second kappa shape index (κ2) is 7.40. The molecule has 1 aromatic heterocycles. The topological polar surface area (TPSA) is 85.6 Å². The Bertz CT molecular complexity index is 1050. The van der Waals surface area contributed by atoms with E-state index in [9.17, 15) is 9.18 Å². The molecule has 0 radical (unpaired) electrons. The number of halogens is 2. The Kier molecular flexibility index (Phi) is 4.79. The lowest BCUT2D eigenvalue weighted by Gasteiger charge is -2.08. The molecule has 4 rings (SSSR count). The first-order valence-corrected chi connectivity index (χ1v) is 8.74. The van der Waals surface area contributed by atoms with E-state index in [1.54, 1.807) is 6.92 Å². The van der Waals surface area contributed by atoms with Crippen molar-refractivity contribution < 1.29 is 23.2 Å². The molecule has 9 heteroatoms. The first-order valence-electron chi connectivity index (χ1n) is 8.36. The van der Waals surface area contributed by atoms with Crippen LogP contribution in [0.3, 0.4) is 0 Å². The molecular formula is C19H15ClFN3O4. The Hall–Kier alpha value is -3.26. The largest absolute Gasteiger partial charge is 0.454 e. The van der Waals surface area contributed by atoms with Crippen LogP contribution in [0, 0.1) is 12.7 Å². The highest BCUT2D eigenvalue weighted by Gasteiger charge is 2.21. The third-order valence-corrected chi connectivity index (χ3v) is 4.45. The van der Waals surface area contributed by atoms with Crippen LogP contribution in [0.1, 0.15) is 21.6 Å². The van der Waals surface area contributed by atoms with Gasteiger partial charge in [-0.25, -0.2) is 4.39 Å². The van der Waals surface area contributed by atoms with Crippen LogP contribution < -0.4 is 20.1 Å². The lowest BCUT2D eigenvalue weighted by molar-refractivity contribution is 0.102. The number of benzene rings is 2. The van der Waals surface area contributed by atoms with E-state index in [1.165, 1.54) is 18.2 Å². The number of nitrogens with zero attached hydrogens (tertiary/aromatic N) is 1. The first kappa shape index (κ1) is 18.1. The summed E-state index contributed by atoms with van der Waals surface area (Å²) in [6.07, 6.45) is 0. The van der Waals surface area contributed by atoms with Crippen molar-refractivity contribution in [3.05, 3.63) is 64.1 Å². The minimum atomic E-state index is -0.563. The average molecular weight is 404 g/mol. The summed E-state index contributed by atoms with van der Waals surface area (Å²) < 4.78 is 29.2. The summed E-state index contributed by atoms with van der Waals surface area (Å²) in [4.78, 5) is 12.7. The van der Waals surface area contributed by atoms with Crippen molar-refractivity contribution in [2.45, 2.75) is 13.5 Å². The Labute approximate surface area is 164 Å². The molecule has 2 heterocycles. The summed E-state index contributed by atoms with van der Waals surface area (Å²) >= 11 is 5.75. The number of aryl methyl sites for hydroxylation is 1.